The number of fused-ring (bicyclic) bond motifs is 1. The summed E-state index contributed by atoms with van der Waals surface area (Å²) in [6, 6.07) is 7.86. The largest absolute Gasteiger partial charge is 0.493 e. The zero-order valence-electron chi connectivity index (χ0n) is 19.2. The molecule has 0 bridgehead atoms. The van der Waals surface area contributed by atoms with E-state index in [1.807, 2.05) is 0 Å². The number of rotatable bonds is 9. The highest BCUT2D eigenvalue weighted by Crippen LogP contribution is 2.38. The number of hydrogen-bond acceptors (Lipinski definition) is 8. The van der Waals surface area contributed by atoms with Crippen molar-refractivity contribution in [3.05, 3.63) is 53.1 Å². The lowest BCUT2D eigenvalue weighted by Gasteiger charge is -2.27. The number of sulfone groups is 1. The second-order valence-electron chi connectivity index (χ2n) is 8.02. The average molecular weight is 491 g/mol. The second-order valence-corrected chi connectivity index (χ2v) is 10.2. The first-order valence-corrected chi connectivity index (χ1v) is 12.4. The summed E-state index contributed by atoms with van der Waals surface area (Å²) < 4.78 is 35.6. The summed E-state index contributed by atoms with van der Waals surface area (Å²) in [5.74, 6) is -1.81. The van der Waals surface area contributed by atoms with E-state index in [9.17, 15) is 27.9 Å². The Bertz CT molecular complexity index is 1240. The van der Waals surface area contributed by atoms with E-state index in [1.165, 1.54) is 44.4 Å². The van der Waals surface area contributed by atoms with E-state index < -0.39 is 45.5 Å². The van der Waals surface area contributed by atoms with Crippen LogP contribution in [0.15, 0.2) is 36.4 Å². The minimum absolute atomic E-state index is 0.0000823. The molecule has 2 atom stereocenters. The van der Waals surface area contributed by atoms with Gasteiger partial charge in [-0.2, -0.15) is 0 Å². The lowest BCUT2D eigenvalue weighted by atomic mass is 10.1. The van der Waals surface area contributed by atoms with Crippen LogP contribution in [0.4, 0.5) is 5.69 Å². The maximum Gasteiger partial charge on any atom is 0.264 e. The van der Waals surface area contributed by atoms with Crippen LogP contribution in [0.5, 0.6) is 11.5 Å². The van der Waals surface area contributed by atoms with Gasteiger partial charge >= 0.3 is 0 Å². The molecule has 0 radical (unpaired) electrons. The van der Waals surface area contributed by atoms with Crippen molar-refractivity contribution in [1.29, 1.82) is 0 Å². The van der Waals surface area contributed by atoms with Crippen LogP contribution in [-0.4, -0.2) is 68.0 Å². The van der Waals surface area contributed by atoms with Crippen molar-refractivity contribution in [2.45, 2.75) is 26.0 Å². The lowest BCUT2D eigenvalue weighted by molar-refractivity contribution is -0.114. The summed E-state index contributed by atoms with van der Waals surface area (Å²) in [6.45, 7) is 2.63. The first-order chi connectivity index (χ1) is 16.0. The van der Waals surface area contributed by atoms with Crippen LogP contribution in [0.3, 0.4) is 0 Å². The molecule has 0 saturated heterocycles. The zero-order chi connectivity index (χ0) is 25.2. The van der Waals surface area contributed by atoms with Gasteiger partial charge in [-0.3, -0.25) is 19.3 Å². The molecule has 0 saturated carbocycles. The minimum atomic E-state index is -3.66. The molecule has 0 aliphatic carbocycles. The van der Waals surface area contributed by atoms with E-state index in [4.69, 9.17) is 9.47 Å². The van der Waals surface area contributed by atoms with Gasteiger partial charge in [0.05, 0.1) is 42.3 Å². The molecular formula is C23H26N2O8S. The molecule has 0 fully saturated rings. The maximum atomic E-state index is 13.4. The number of hydrogen-bond donors (Lipinski definition) is 2. The third-order valence-electron chi connectivity index (χ3n) is 5.19. The number of carbonyl (C=O) groups is 3. The van der Waals surface area contributed by atoms with Crippen molar-refractivity contribution in [3.8, 4) is 11.5 Å². The Hall–Kier alpha value is -3.44. The van der Waals surface area contributed by atoms with Crippen LogP contribution < -0.4 is 14.8 Å². The van der Waals surface area contributed by atoms with E-state index in [0.29, 0.717) is 11.3 Å². The summed E-state index contributed by atoms with van der Waals surface area (Å²) in [6.07, 6.45) is 0.424. The molecule has 1 heterocycles. The fourth-order valence-corrected chi connectivity index (χ4v) is 4.65. The number of nitrogens with one attached hydrogen (secondary N) is 1. The predicted octanol–water partition coefficient (Wildman–Crippen LogP) is 1.80. The number of nitrogens with zero attached hydrogens (tertiary/aromatic N) is 1. The highest BCUT2D eigenvalue weighted by atomic mass is 32.2. The highest BCUT2D eigenvalue weighted by Gasteiger charge is 2.43. The molecule has 2 N–H and O–H groups in total. The number of anilines is 1. The monoisotopic (exact) mass is 490 g/mol. The van der Waals surface area contributed by atoms with Crippen LogP contribution in [0.2, 0.25) is 0 Å². The smallest absolute Gasteiger partial charge is 0.264 e. The summed E-state index contributed by atoms with van der Waals surface area (Å²) in [5, 5.41) is 11.9. The van der Waals surface area contributed by atoms with Gasteiger partial charge in [0.25, 0.3) is 11.8 Å². The van der Waals surface area contributed by atoms with Gasteiger partial charge in [-0.1, -0.05) is 12.1 Å². The van der Waals surface area contributed by atoms with Crippen LogP contribution in [-0.2, 0) is 14.6 Å². The Morgan fingerprint density at radius 2 is 1.85 bits per heavy atom. The van der Waals surface area contributed by atoms with Crippen LogP contribution in [0.1, 0.15) is 46.2 Å². The van der Waals surface area contributed by atoms with Crippen molar-refractivity contribution < 1.29 is 37.4 Å². The summed E-state index contributed by atoms with van der Waals surface area (Å²) in [5.41, 5.74) is 0.551. The Kier molecular flexibility index (Phi) is 7.27. The molecule has 3 amide bonds. The molecule has 1 unspecified atom stereocenters. The zero-order valence-corrected chi connectivity index (χ0v) is 20.0. The van der Waals surface area contributed by atoms with E-state index >= 15 is 0 Å². The average Bonchev–Trinajstić information content (AvgIpc) is 3.02. The SMILES string of the molecule is COc1ccc([C@@H](CS(C)(=O)=O)N2C(=O)c3cccc(NC(C)=O)c3C2=O)cc1OC(C)CO. The van der Waals surface area contributed by atoms with Crippen molar-refractivity contribution >= 4 is 33.2 Å². The molecule has 10 nitrogen and oxygen atoms in total. The molecule has 182 valence electrons. The molecule has 2 aromatic rings. The summed E-state index contributed by atoms with van der Waals surface area (Å²) in [4.78, 5) is 39.2. The summed E-state index contributed by atoms with van der Waals surface area (Å²) >= 11 is 0. The number of imide groups is 1. The van der Waals surface area contributed by atoms with E-state index in [1.54, 1.807) is 13.0 Å². The number of methoxy groups -OCH3 is 1. The number of aliphatic hydroxyl groups is 1. The van der Waals surface area contributed by atoms with Crippen LogP contribution in [0.25, 0.3) is 0 Å². The van der Waals surface area contributed by atoms with Gasteiger partial charge in [0.15, 0.2) is 11.5 Å². The van der Waals surface area contributed by atoms with Crippen molar-refractivity contribution in [2.75, 3.05) is 31.0 Å². The fourth-order valence-electron chi connectivity index (χ4n) is 3.73. The maximum absolute atomic E-state index is 13.4. The number of ether oxygens (including phenoxy) is 2. The first kappa shape index (κ1) is 25.2. The molecule has 2 aromatic carbocycles. The minimum Gasteiger partial charge on any atom is -0.493 e. The molecule has 34 heavy (non-hydrogen) atoms. The Labute approximate surface area is 197 Å². The molecule has 1 aliphatic rings. The van der Waals surface area contributed by atoms with Gasteiger partial charge in [0, 0.05) is 13.2 Å². The van der Waals surface area contributed by atoms with Crippen molar-refractivity contribution in [1.82, 2.24) is 4.90 Å². The van der Waals surface area contributed by atoms with Gasteiger partial charge in [-0.15, -0.1) is 0 Å². The normalized spacial score (nSPS) is 15.0. The second kappa shape index (κ2) is 9.82. The lowest BCUT2D eigenvalue weighted by Crippen LogP contribution is -2.37. The van der Waals surface area contributed by atoms with Crippen molar-refractivity contribution in [3.63, 3.8) is 0 Å². The third-order valence-corrected chi connectivity index (χ3v) is 6.11. The van der Waals surface area contributed by atoms with E-state index in [0.717, 1.165) is 11.2 Å². The van der Waals surface area contributed by atoms with E-state index in [2.05, 4.69) is 5.32 Å². The quantitative estimate of drug-likeness (QED) is 0.507. The molecule has 0 spiro atoms. The van der Waals surface area contributed by atoms with Gasteiger partial charge in [0.2, 0.25) is 5.91 Å². The molecule has 11 heteroatoms. The summed E-state index contributed by atoms with van der Waals surface area (Å²) in [7, 11) is -2.23. The van der Waals surface area contributed by atoms with Crippen LogP contribution >= 0.6 is 0 Å². The number of benzene rings is 2. The molecule has 3 rings (SSSR count). The first-order valence-electron chi connectivity index (χ1n) is 10.4. The van der Waals surface area contributed by atoms with Crippen LogP contribution in [0, 0.1) is 0 Å². The molecule has 0 aromatic heterocycles. The molecule has 1 aliphatic heterocycles. The van der Waals surface area contributed by atoms with Gasteiger partial charge in [-0.25, -0.2) is 8.42 Å². The van der Waals surface area contributed by atoms with E-state index in [-0.39, 0.29) is 29.2 Å². The van der Waals surface area contributed by atoms with Gasteiger partial charge in [0.1, 0.15) is 15.9 Å². The Morgan fingerprint density at radius 3 is 2.44 bits per heavy atom. The topological polar surface area (TPSA) is 139 Å². The number of aliphatic hydroxyl groups excluding tert-OH is 1. The highest BCUT2D eigenvalue weighted by molar-refractivity contribution is 7.90. The Morgan fingerprint density at radius 1 is 1.15 bits per heavy atom. The Balaban J connectivity index is 2.12. The number of carbonyl (C=O) groups excluding carboxylic acids is 3. The van der Waals surface area contributed by atoms with Gasteiger partial charge in [-0.05, 0) is 36.8 Å². The third kappa shape index (κ3) is 5.20. The van der Waals surface area contributed by atoms with Crippen molar-refractivity contribution in [2.24, 2.45) is 0 Å². The number of amides is 3. The fraction of sp³-hybridized carbons (Fsp3) is 0.348. The molecular weight excluding hydrogens is 464 g/mol. The predicted molar refractivity (Wildman–Crippen MR) is 124 cm³/mol. The standard InChI is InChI=1S/C23H26N2O8S/c1-13(11-26)33-20-10-15(8-9-19(20)32-3)18(12-34(4,30)31)25-22(28)16-6-5-7-17(24-14(2)27)21(16)23(25)29/h5-10,13,18,26H,11-12H2,1-4H3,(H,24,27)/t13?,18-/m1/s1. The van der Waals surface area contributed by atoms with Gasteiger partial charge < -0.3 is 19.9 Å².